The molecule has 0 aliphatic rings. The summed E-state index contributed by atoms with van der Waals surface area (Å²) >= 11 is 0. The fraction of sp³-hybridized carbons (Fsp3) is 0.333. The van der Waals surface area contributed by atoms with Crippen LogP contribution in [0.15, 0.2) is 24.0 Å². The van der Waals surface area contributed by atoms with Crippen LogP contribution in [0.25, 0.3) is 6.08 Å². The van der Waals surface area contributed by atoms with Crippen molar-refractivity contribution >= 4 is 6.08 Å². The zero-order chi connectivity index (χ0) is 9.84. The van der Waals surface area contributed by atoms with Crippen molar-refractivity contribution in [3.63, 3.8) is 0 Å². The average Bonchev–Trinajstić information content (AvgIpc) is 2.11. The summed E-state index contributed by atoms with van der Waals surface area (Å²) in [6.45, 7) is 6.16. The number of methoxy groups -OCH3 is 1. The lowest BCUT2D eigenvalue weighted by atomic mass is 10.1. The number of hydrogen-bond donors (Lipinski definition) is 0. The lowest BCUT2D eigenvalue weighted by Gasteiger charge is -2.04. The summed E-state index contributed by atoms with van der Waals surface area (Å²) in [5.74, 6) is 0.939. The lowest BCUT2D eigenvalue weighted by Crippen LogP contribution is -1.85. The van der Waals surface area contributed by atoms with E-state index >= 15 is 0 Å². The van der Waals surface area contributed by atoms with Gasteiger partial charge in [-0.3, -0.25) is 0 Å². The molecule has 0 aliphatic heterocycles. The maximum absolute atomic E-state index is 5.11. The van der Waals surface area contributed by atoms with Crippen molar-refractivity contribution in [2.45, 2.75) is 20.8 Å². The van der Waals surface area contributed by atoms with E-state index in [-0.39, 0.29) is 0 Å². The van der Waals surface area contributed by atoms with Crippen molar-refractivity contribution in [1.29, 1.82) is 0 Å². The van der Waals surface area contributed by atoms with Crippen molar-refractivity contribution in [3.8, 4) is 0 Å². The quantitative estimate of drug-likeness (QED) is 0.628. The first-order valence-corrected chi connectivity index (χ1v) is 4.43. The standard InChI is InChI=1S/C12H16O/c1-9-5-6-10(2)12(7-9)8-11(3)13-4/h5-8H,1-4H3/b11-8+. The van der Waals surface area contributed by atoms with E-state index in [2.05, 4.69) is 38.1 Å². The number of rotatable bonds is 2. The van der Waals surface area contributed by atoms with Crippen molar-refractivity contribution < 1.29 is 4.74 Å². The number of benzene rings is 1. The van der Waals surface area contributed by atoms with E-state index in [9.17, 15) is 0 Å². The first-order valence-electron chi connectivity index (χ1n) is 4.43. The number of allylic oxidation sites excluding steroid dienone is 1. The third-order valence-corrected chi connectivity index (χ3v) is 2.12. The van der Waals surface area contributed by atoms with E-state index < -0.39 is 0 Å². The molecule has 0 heterocycles. The van der Waals surface area contributed by atoms with Gasteiger partial charge in [-0.1, -0.05) is 23.8 Å². The van der Waals surface area contributed by atoms with Gasteiger partial charge in [0.25, 0.3) is 0 Å². The monoisotopic (exact) mass is 176 g/mol. The van der Waals surface area contributed by atoms with Gasteiger partial charge < -0.3 is 4.74 Å². The molecule has 0 fully saturated rings. The van der Waals surface area contributed by atoms with Gasteiger partial charge in [-0.25, -0.2) is 0 Å². The Morgan fingerprint density at radius 2 is 2.00 bits per heavy atom. The fourth-order valence-electron chi connectivity index (χ4n) is 1.19. The molecule has 0 saturated carbocycles. The highest BCUT2D eigenvalue weighted by molar-refractivity contribution is 5.55. The molecule has 0 spiro atoms. The molecule has 1 aromatic rings. The molecule has 1 rings (SSSR count). The molecular weight excluding hydrogens is 160 g/mol. The van der Waals surface area contributed by atoms with Crippen molar-refractivity contribution in [1.82, 2.24) is 0 Å². The summed E-state index contributed by atoms with van der Waals surface area (Å²) in [5.41, 5.74) is 3.79. The fourth-order valence-corrected chi connectivity index (χ4v) is 1.19. The molecule has 1 aromatic carbocycles. The number of ether oxygens (including phenoxy) is 1. The summed E-state index contributed by atoms with van der Waals surface area (Å²) in [7, 11) is 1.69. The Hall–Kier alpha value is -1.24. The van der Waals surface area contributed by atoms with Gasteiger partial charge in [0.2, 0.25) is 0 Å². The Labute approximate surface area is 80.0 Å². The van der Waals surface area contributed by atoms with Crippen molar-refractivity contribution in [3.05, 3.63) is 40.6 Å². The SMILES string of the molecule is CO/C(C)=C/c1cc(C)ccc1C. The van der Waals surface area contributed by atoms with E-state index in [1.807, 2.05) is 6.92 Å². The minimum absolute atomic E-state index is 0.939. The van der Waals surface area contributed by atoms with E-state index in [0.29, 0.717) is 0 Å². The third-order valence-electron chi connectivity index (χ3n) is 2.12. The molecule has 0 aliphatic carbocycles. The zero-order valence-corrected chi connectivity index (χ0v) is 8.72. The molecule has 70 valence electrons. The topological polar surface area (TPSA) is 9.23 Å². The molecule has 1 heteroatoms. The van der Waals surface area contributed by atoms with E-state index in [1.165, 1.54) is 16.7 Å². The molecule has 0 aromatic heterocycles. The predicted molar refractivity (Wildman–Crippen MR) is 56.6 cm³/mol. The Morgan fingerprint density at radius 1 is 1.31 bits per heavy atom. The summed E-state index contributed by atoms with van der Waals surface area (Å²) in [5, 5.41) is 0. The normalized spacial score (nSPS) is 11.5. The summed E-state index contributed by atoms with van der Waals surface area (Å²) in [4.78, 5) is 0. The van der Waals surface area contributed by atoms with Crippen LogP contribution in [0.4, 0.5) is 0 Å². The van der Waals surface area contributed by atoms with Gasteiger partial charge in [0, 0.05) is 0 Å². The Bertz CT molecular complexity index is 324. The van der Waals surface area contributed by atoms with Gasteiger partial charge in [0.15, 0.2) is 0 Å². The summed E-state index contributed by atoms with van der Waals surface area (Å²) < 4.78 is 5.11. The third kappa shape index (κ3) is 2.62. The highest BCUT2D eigenvalue weighted by Gasteiger charge is 1.95. The van der Waals surface area contributed by atoms with Crippen LogP contribution in [0.1, 0.15) is 23.6 Å². The molecule has 0 atom stereocenters. The lowest BCUT2D eigenvalue weighted by molar-refractivity contribution is 0.297. The maximum Gasteiger partial charge on any atom is 0.0930 e. The highest BCUT2D eigenvalue weighted by atomic mass is 16.5. The van der Waals surface area contributed by atoms with Gasteiger partial charge in [-0.2, -0.15) is 0 Å². The highest BCUT2D eigenvalue weighted by Crippen LogP contribution is 2.14. The molecule has 0 bridgehead atoms. The minimum Gasteiger partial charge on any atom is -0.501 e. The molecule has 0 radical (unpaired) electrons. The van der Waals surface area contributed by atoms with Crippen LogP contribution in [0.3, 0.4) is 0 Å². The largest absolute Gasteiger partial charge is 0.501 e. The van der Waals surface area contributed by atoms with Crippen LogP contribution in [0, 0.1) is 13.8 Å². The maximum atomic E-state index is 5.11. The second-order valence-electron chi connectivity index (χ2n) is 3.32. The summed E-state index contributed by atoms with van der Waals surface area (Å²) in [6, 6.07) is 6.41. The van der Waals surface area contributed by atoms with Gasteiger partial charge in [0.1, 0.15) is 0 Å². The first-order chi connectivity index (χ1) is 6.13. The molecule has 1 nitrogen and oxygen atoms in total. The Kier molecular flexibility index (Phi) is 3.13. The van der Waals surface area contributed by atoms with Crippen LogP contribution in [0.2, 0.25) is 0 Å². The van der Waals surface area contributed by atoms with Gasteiger partial charge in [-0.05, 0) is 38.0 Å². The van der Waals surface area contributed by atoms with Crippen LogP contribution in [-0.4, -0.2) is 7.11 Å². The second-order valence-corrected chi connectivity index (χ2v) is 3.32. The molecular formula is C12H16O. The van der Waals surface area contributed by atoms with Crippen molar-refractivity contribution in [2.75, 3.05) is 7.11 Å². The van der Waals surface area contributed by atoms with E-state index in [1.54, 1.807) is 7.11 Å². The molecule has 0 saturated heterocycles. The van der Waals surface area contributed by atoms with Crippen LogP contribution >= 0.6 is 0 Å². The number of hydrogen-bond acceptors (Lipinski definition) is 1. The number of aryl methyl sites for hydroxylation is 2. The van der Waals surface area contributed by atoms with Crippen LogP contribution in [-0.2, 0) is 4.74 Å². The van der Waals surface area contributed by atoms with Crippen LogP contribution < -0.4 is 0 Å². The smallest absolute Gasteiger partial charge is 0.0930 e. The Morgan fingerprint density at radius 3 is 2.62 bits per heavy atom. The minimum atomic E-state index is 0.939. The van der Waals surface area contributed by atoms with Crippen LogP contribution in [0.5, 0.6) is 0 Å². The molecule has 0 amide bonds. The second kappa shape index (κ2) is 4.13. The van der Waals surface area contributed by atoms with E-state index in [4.69, 9.17) is 4.74 Å². The summed E-state index contributed by atoms with van der Waals surface area (Å²) in [6.07, 6.45) is 2.06. The van der Waals surface area contributed by atoms with Gasteiger partial charge in [-0.15, -0.1) is 0 Å². The molecule has 0 N–H and O–H groups in total. The van der Waals surface area contributed by atoms with Crippen molar-refractivity contribution in [2.24, 2.45) is 0 Å². The average molecular weight is 176 g/mol. The van der Waals surface area contributed by atoms with Gasteiger partial charge in [0.05, 0.1) is 12.9 Å². The first kappa shape index (κ1) is 9.85. The van der Waals surface area contributed by atoms with E-state index in [0.717, 1.165) is 5.76 Å². The molecule has 13 heavy (non-hydrogen) atoms. The zero-order valence-electron chi connectivity index (χ0n) is 8.72. The van der Waals surface area contributed by atoms with Gasteiger partial charge >= 0.3 is 0 Å². The molecule has 0 unspecified atom stereocenters. The predicted octanol–water partition coefficient (Wildman–Crippen LogP) is 3.31. The Balaban J connectivity index is 3.07.